The summed E-state index contributed by atoms with van der Waals surface area (Å²) in [4.78, 5) is 27.8. The maximum Gasteiger partial charge on any atom is 0.262 e. The Kier molecular flexibility index (Phi) is 5.90. The van der Waals surface area contributed by atoms with Gasteiger partial charge in [0.1, 0.15) is 5.76 Å². The number of aromatic nitrogens is 1. The molecule has 0 bridgehead atoms. The highest BCUT2D eigenvalue weighted by Crippen LogP contribution is 2.22. The van der Waals surface area contributed by atoms with Gasteiger partial charge in [-0.15, -0.1) is 0 Å². The Morgan fingerprint density at radius 3 is 2.70 bits per heavy atom. The number of amides is 1. The number of ether oxygens (including phenoxy) is 1. The van der Waals surface area contributed by atoms with Crippen LogP contribution in [0.1, 0.15) is 12.8 Å². The predicted molar refractivity (Wildman–Crippen MR) is 120 cm³/mol. The number of benzene rings is 2. The number of allylic oxidation sites excluding steroid dienone is 5. The highest BCUT2D eigenvalue weighted by molar-refractivity contribution is 5.95. The summed E-state index contributed by atoms with van der Waals surface area (Å²) in [5.74, 6) is 0.400. The molecule has 2 aromatic carbocycles. The highest BCUT2D eigenvalue weighted by Gasteiger charge is 2.08. The van der Waals surface area contributed by atoms with Crippen molar-refractivity contribution in [3.63, 3.8) is 0 Å². The molecule has 0 aliphatic heterocycles. The van der Waals surface area contributed by atoms with E-state index in [2.05, 4.69) is 22.5 Å². The van der Waals surface area contributed by atoms with Crippen LogP contribution in [0.2, 0.25) is 0 Å². The zero-order valence-corrected chi connectivity index (χ0v) is 16.4. The lowest BCUT2D eigenvalue weighted by Gasteiger charge is -2.10. The van der Waals surface area contributed by atoms with Crippen molar-refractivity contribution < 1.29 is 9.53 Å². The monoisotopic (exact) mass is 398 g/mol. The maximum absolute atomic E-state index is 12.6. The maximum atomic E-state index is 12.6. The highest BCUT2D eigenvalue weighted by atomic mass is 16.5. The van der Waals surface area contributed by atoms with Crippen molar-refractivity contribution in [1.82, 2.24) is 4.98 Å². The lowest BCUT2D eigenvalue weighted by atomic mass is 10.1. The van der Waals surface area contributed by atoms with Gasteiger partial charge in [-0.2, -0.15) is 0 Å². The number of hydrogen-bond acceptors (Lipinski definition) is 3. The zero-order valence-electron chi connectivity index (χ0n) is 16.4. The van der Waals surface area contributed by atoms with Crippen molar-refractivity contribution in [3.8, 4) is 11.3 Å². The van der Waals surface area contributed by atoms with E-state index in [4.69, 9.17) is 4.74 Å². The summed E-state index contributed by atoms with van der Waals surface area (Å²) >= 11 is 0. The van der Waals surface area contributed by atoms with Gasteiger partial charge in [0, 0.05) is 16.8 Å². The summed E-state index contributed by atoms with van der Waals surface area (Å²) in [5.41, 5.74) is 2.06. The Hall–Kier alpha value is -3.86. The van der Waals surface area contributed by atoms with Crippen molar-refractivity contribution in [3.05, 3.63) is 101 Å². The van der Waals surface area contributed by atoms with E-state index in [1.165, 1.54) is 0 Å². The van der Waals surface area contributed by atoms with E-state index in [0.29, 0.717) is 16.8 Å². The number of pyridine rings is 1. The quantitative estimate of drug-likeness (QED) is 0.598. The summed E-state index contributed by atoms with van der Waals surface area (Å²) < 4.78 is 5.59. The van der Waals surface area contributed by atoms with E-state index in [0.717, 1.165) is 29.5 Å². The topological polar surface area (TPSA) is 71.2 Å². The lowest BCUT2D eigenvalue weighted by molar-refractivity contribution is -0.119. The van der Waals surface area contributed by atoms with Crippen LogP contribution in [0.15, 0.2) is 95.5 Å². The minimum atomic E-state index is -0.279. The van der Waals surface area contributed by atoms with Gasteiger partial charge in [0.05, 0.1) is 0 Å². The van der Waals surface area contributed by atoms with Gasteiger partial charge in [0.15, 0.2) is 6.61 Å². The average Bonchev–Trinajstić information content (AvgIpc) is 2.74. The van der Waals surface area contributed by atoms with Crippen molar-refractivity contribution in [2.45, 2.75) is 12.8 Å². The first-order valence-corrected chi connectivity index (χ1v) is 9.86. The molecule has 0 radical (unpaired) electrons. The molecule has 0 saturated heterocycles. The fourth-order valence-electron chi connectivity index (χ4n) is 3.27. The number of hydrogen-bond donors (Lipinski definition) is 2. The Morgan fingerprint density at radius 2 is 1.83 bits per heavy atom. The van der Waals surface area contributed by atoms with Crippen LogP contribution in [-0.4, -0.2) is 17.5 Å². The number of anilines is 1. The van der Waals surface area contributed by atoms with Crippen LogP contribution in [0.5, 0.6) is 0 Å². The summed E-state index contributed by atoms with van der Waals surface area (Å²) in [6.07, 6.45) is 11.6. The standard InChI is InChI=1S/C25H22N2O3/c28-24(17-30-21-11-7-2-1-3-8-12-21)26-20-14-13-19-15-23(18-9-5-4-6-10-18)27-25(29)22(19)16-20/h1-2,4-6,8-16H,3,7,17H2,(H,26,28)(H,27,29)/b2-1?,12-8-,21-11+. The number of fused-ring (bicyclic) bond motifs is 1. The summed E-state index contributed by atoms with van der Waals surface area (Å²) in [7, 11) is 0. The van der Waals surface area contributed by atoms with Crippen molar-refractivity contribution in [1.29, 1.82) is 0 Å². The minimum Gasteiger partial charge on any atom is -0.484 e. The molecule has 1 aromatic heterocycles. The first-order chi connectivity index (χ1) is 14.7. The lowest BCUT2D eigenvalue weighted by Crippen LogP contribution is -2.18. The number of carbonyl (C=O) groups is 1. The van der Waals surface area contributed by atoms with Crippen molar-refractivity contribution in [2.75, 3.05) is 11.9 Å². The van der Waals surface area contributed by atoms with Crippen molar-refractivity contribution in [2.24, 2.45) is 0 Å². The van der Waals surface area contributed by atoms with Crippen LogP contribution < -0.4 is 10.9 Å². The number of nitrogens with one attached hydrogen (secondary N) is 2. The van der Waals surface area contributed by atoms with E-state index in [1.54, 1.807) is 12.1 Å². The second-order valence-corrected chi connectivity index (χ2v) is 6.97. The van der Waals surface area contributed by atoms with Crippen molar-refractivity contribution >= 4 is 22.4 Å². The van der Waals surface area contributed by atoms with E-state index in [1.807, 2.05) is 60.7 Å². The molecule has 0 saturated carbocycles. The Labute approximate surface area is 174 Å². The molecule has 5 heteroatoms. The normalized spacial score (nSPS) is 16.2. The van der Waals surface area contributed by atoms with Gasteiger partial charge < -0.3 is 15.0 Å². The SMILES string of the molecule is O=C(COC1=C/CC=CC/C=C\1)Nc1ccc2cc(-c3ccccc3)[nH]c(=O)c2c1. The molecule has 1 aliphatic carbocycles. The summed E-state index contributed by atoms with van der Waals surface area (Å²) in [6, 6.07) is 16.9. The van der Waals surface area contributed by atoms with Gasteiger partial charge in [0.2, 0.25) is 0 Å². The molecule has 30 heavy (non-hydrogen) atoms. The van der Waals surface area contributed by atoms with Gasteiger partial charge in [-0.1, -0.05) is 54.6 Å². The predicted octanol–water partition coefficient (Wildman–Crippen LogP) is 4.94. The van der Waals surface area contributed by atoms with Gasteiger partial charge in [0.25, 0.3) is 11.5 Å². The molecule has 4 rings (SSSR count). The first kappa shape index (κ1) is 19.5. The fourth-order valence-corrected chi connectivity index (χ4v) is 3.27. The fraction of sp³-hybridized carbons (Fsp3) is 0.120. The average molecular weight is 398 g/mol. The summed E-state index contributed by atoms with van der Waals surface area (Å²) in [6.45, 7) is -0.0960. The molecule has 5 nitrogen and oxygen atoms in total. The molecule has 1 aliphatic rings. The molecular weight excluding hydrogens is 376 g/mol. The second-order valence-electron chi connectivity index (χ2n) is 6.97. The summed E-state index contributed by atoms with van der Waals surface area (Å²) in [5, 5.41) is 4.12. The number of aromatic amines is 1. The van der Waals surface area contributed by atoms with Crippen LogP contribution in [0.3, 0.4) is 0 Å². The number of rotatable bonds is 5. The Balaban J connectivity index is 1.47. The molecular formula is C25H22N2O3. The van der Waals surface area contributed by atoms with Gasteiger partial charge in [-0.05, 0) is 54.1 Å². The third-order valence-electron chi connectivity index (χ3n) is 4.76. The van der Waals surface area contributed by atoms with Crippen LogP contribution in [0.4, 0.5) is 5.69 Å². The molecule has 0 unspecified atom stereocenters. The van der Waals surface area contributed by atoms with Crippen LogP contribution in [-0.2, 0) is 9.53 Å². The Morgan fingerprint density at radius 1 is 1.00 bits per heavy atom. The molecule has 1 amide bonds. The van der Waals surface area contributed by atoms with E-state index < -0.39 is 0 Å². The Bertz CT molecular complexity index is 1200. The number of H-pyrrole nitrogens is 1. The van der Waals surface area contributed by atoms with Gasteiger partial charge >= 0.3 is 0 Å². The van der Waals surface area contributed by atoms with Crippen LogP contribution >= 0.6 is 0 Å². The third-order valence-corrected chi connectivity index (χ3v) is 4.76. The van der Waals surface area contributed by atoms with Crippen LogP contribution in [0, 0.1) is 0 Å². The van der Waals surface area contributed by atoms with E-state index >= 15 is 0 Å². The van der Waals surface area contributed by atoms with E-state index in [-0.39, 0.29) is 18.1 Å². The van der Waals surface area contributed by atoms with Gasteiger partial charge in [-0.25, -0.2) is 0 Å². The zero-order chi connectivity index (χ0) is 20.8. The first-order valence-electron chi connectivity index (χ1n) is 9.86. The minimum absolute atomic E-state index is 0.0960. The number of carbonyl (C=O) groups excluding carboxylic acids is 1. The molecule has 0 atom stereocenters. The molecule has 150 valence electrons. The second kappa shape index (κ2) is 9.09. The van der Waals surface area contributed by atoms with E-state index in [9.17, 15) is 9.59 Å². The smallest absolute Gasteiger partial charge is 0.262 e. The molecule has 1 heterocycles. The van der Waals surface area contributed by atoms with Crippen LogP contribution in [0.25, 0.3) is 22.0 Å². The third kappa shape index (κ3) is 4.75. The molecule has 0 fully saturated rings. The van der Waals surface area contributed by atoms with Gasteiger partial charge in [-0.3, -0.25) is 9.59 Å². The largest absolute Gasteiger partial charge is 0.484 e. The molecule has 0 spiro atoms. The molecule has 3 aromatic rings. The molecule has 2 N–H and O–H groups in total.